The van der Waals surface area contributed by atoms with Gasteiger partial charge in [0.15, 0.2) is 11.5 Å². The third-order valence-electron chi connectivity index (χ3n) is 4.97. The van der Waals surface area contributed by atoms with Gasteiger partial charge in [-0.15, -0.1) is 0 Å². The maximum absolute atomic E-state index is 13.3. The largest absolute Gasteiger partial charge is 0.488 e. The Morgan fingerprint density at radius 1 is 1.19 bits per heavy atom. The molecule has 138 valence electrons. The molecule has 1 aliphatic heterocycles. The number of aryl methyl sites for hydroxylation is 2. The van der Waals surface area contributed by atoms with Crippen molar-refractivity contribution in [1.82, 2.24) is 5.16 Å². The van der Waals surface area contributed by atoms with Crippen LogP contribution in [0.3, 0.4) is 0 Å². The predicted molar refractivity (Wildman–Crippen MR) is 104 cm³/mol. The molecule has 5 nitrogen and oxygen atoms in total. The second-order valence-electron chi connectivity index (χ2n) is 6.66. The number of nitrogens with zero attached hydrogens (tertiary/aromatic N) is 2. The molecule has 2 aromatic carbocycles. The van der Waals surface area contributed by atoms with Gasteiger partial charge >= 0.3 is 0 Å². The van der Waals surface area contributed by atoms with E-state index in [1.54, 1.807) is 4.90 Å². The molecule has 4 rings (SSSR count). The quantitative estimate of drug-likeness (QED) is 0.671. The van der Waals surface area contributed by atoms with Crippen LogP contribution >= 0.6 is 0 Å². The van der Waals surface area contributed by atoms with Crippen LogP contribution in [0.15, 0.2) is 47.0 Å². The Labute approximate surface area is 158 Å². The lowest BCUT2D eigenvalue weighted by Crippen LogP contribution is -2.32. The van der Waals surface area contributed by atoms with Crippen LogP contribution < -0.4 is 9.64 Å². The number of amides is 1. The molecule has 0 unspecified atom stereocenters. The number of aromatic nitrogens is 1. The highest BCUT2D eigenvalue weighted by molar-refractivity contribution is 6.07. The number of anilines is 1. The first-order valence-electron chi connectivity index (χ1n) is 9.26. The van der Waals surface area contributed by atoms with Crippen molar-refractivity contribution in [2.24, 2.45) is 0 Å². The molecule has 1 aromatic heterocycles. The fourth-order valence-corrected chi connectivity index (χ4v) is 3.54. The highest BCUT2D eigenvalue weighted by Gasteiger charge is 2.31. The Morgan fingerprint density at radius 2 is 2.00 bits per heavy atom. The van der Waals surface area contributed by atoms with Gasteiger partial charge in [0.25, 0.3) is 5.91 Å². The van der Waals surface area contributed by atoms with Crippen LogP contribution in [0.5, 0.6) is 5.75 Å². The fourth-order valence-electron chi connectivity index (χ4n) is 3.54. The van der Waals surface area contributed by atoms with Gasteiger partial charge in [0.1, 0.15) is 12.4 Å². The number of carbonyl (C=O) groups is 1. The van der Waals surface area contributed by atoms with E-state index in [-0.39, 0.29) is 12.5 Å². The van der Waals surface area contributed by atoms with Crippen molar-refractivity contribution in [3.05, 3.63) is 64.8 Å². The Hall–Kier alpha value is -3.08. The molecule has 27 heavy (non-hydrogen) atoms. The van der Waals surface area contributed by atoms with E-state index in [0.29, 0.717) is 23.6 Å². The average molecular weight is 362 g/mol. The smallest absolute Gasteiger partial charge is 0.280 e. The number of fused-ring (bicyclic) bond motifs is 3. The van der Waals surface area contributed by atoms with Crippen molar-refractivity contribution in [1.29, 1.82) is 0 Å². The van der Waals surface area contributed by atoms with E-state index in [1.165, 1.54) is 0 Å². The molecular weight excluding hydrogens is 340 g/mol. The van der Waals surface area contributed by atoms with E-state index in [1.807, 2.05) is 56.3 Å². The van der Waals surface area contributed by atoms with Gasteiger partial charge in [0.05, 0.1) is 11.1 Å². The van der Waals surface area contributed by atoms with E-state index in [9.17, 15) is 4.79 Å². The summed E-state index contributed by atoms with van der Waals surface area (Å²) in [6, 6.07) is 13.9. The normalized spacial score (nSPS) is 12.1. The summed E-state index contributed by atoms with van der Waals surface area (Å²) >= 11 is 0. The van der Waals surface area contributed by atoms with Gasteiger partial charge in [0, 0.05) is 12.2 Å². The van der Waals surface area contributed by atoms with Gasteiger partial charge in [-0.05, 0) is 44.0 Å². The number of ether oxygens (including phenoxy) is 1. The highest BCUT2D eigenvalue weighted by atomic mass is 16.5. The molecule has 0 N–H and O–H groups in total. The first kappa shape index (κ1) is 17.3. The maximum Gasteiger partial charge on any atom is 0.280 e. The highest BCUT2D eigenvalue weighted by Crippen LogP contribution is 2.39. The number of para-hydroxylation sites is 1. The van der Waals surface area contributed by atoms with E-state index in [0.717, 1.165) is 34.5 Å². The number of hydrogen-bond acceptors (Lipinski definition) is 4. The van der Waals surface area contributed by atoms with E-state index in [2.05, 4.69) is 12.1 Å². The molecule has 0 bridgehead atoms. The van der Waals surface area contributed by atoms with E-state index >= 15 is 0 Å². The lowest BCUT2D eigenvalue weighted by Gasteiger charge is -2.23. The molecular formula is C22H22N2O3. The minimum atomic E-state index is -0.164. The van der Waals surface area contributed by atoms with Crippen molar-refractivity contribution in [2.45, 2.75) is 33.8 Å². The van der Waals surface area contributed by atoms with Crippen LogP contribution in [0.4, 0.5) is 5.69 Å². The van der Waals surface area contributed by atoms with E-state index < -0.39 is 0 Å². The summed E-state index contributed by atoms with van der Waals surface area (Å²) in [4.78, 5) is 15.1. The van der Waals surface area contributed by atoms with Crippen molar-refractivity contribution in [2.75, 3.05) is 11.4 Å². The SMILES string of the molecule is CCc1ccccc1N(CC)C(=O)c1noc2c1COc1ccc(C)cc1-2. The molecule has 2 heterocycles. The van der Waals surface area contributed by atoms with Gasteiger partial charge in [-0.1, -0.05) is 41.9 Å². The number of hydrogen-bond donors (Lipinski definition) is 0. The predicted octanol–water partition coefficient (Wildman–Crippen LogP) is 4.77. The second kappa shape index (κ2) is 6.91. The molecule has 1 amide bonds. The molecule has 5 heteroatoms. The lowest BCUT2D eigenvalue weighted by atomic mass is 10.0. The van der Waals surface area contributed by atoms with Gasteiger partial charge < -0.3 is 14.2 Å². The molecule has 0 spiro atoms. The van der Waals surface area contributed by atoms with Gasteiger partial charge in [-0.25, -0.2) is 0 Å². The van der Waals surface area contributed by atoms with E-state index in [4.69, 9.17) is 9.26 Å². The Bertz CT molecular complexity index is 1010. The summed E-state index contributed by atoms with van der Waals surface area (Å²) in [5, 5.41) is 4.13. The van der Waals surface area contributed by atoms with Crippen molar-refractivity contribution >= 4 is 11.6 Å². The van der Waals surface area contributed by atoms with Gasteiger partial charge in [0.2, 0.25) is 0 Å². The minimum Gasteiger partial charge on any atom is -0.488 e. The topological polar surface area (TPSA) is 55.6 Å². The molecule has 1 aliphatic rings. The van der Waals surface area contributed by atoms with Crippen LogP contribution in [0, 0.1) is 6.92 Å². The van der Waals surface area contributed by atoms with Gasteiger partial charge in [-0.2, -0.15) is 0 Å². The first-order valence-corrected chi connectivity index (χ1v) is 9.26. The van der Waals surface area contributed by atoms with Crippen molar-refractivity contribution in [3.63, 3.8) is 0 Å². The third kappa shape index (κ3) is 2.89. The Balaban J connectivity index is 1.76. The number of benzene rings is 2. The number of carbonyl (C=O) groups excluding carboxylic acids is 1. The molecule has 0 radical (unpaired) electrons. The standard InChI is InChI=1S/C22H22N2O3/c1-4-15-8-6-7-9-18(15)24(5-2)22(25)20-17-13-26-19-11-10-14(3)12-16(19)21(17)27-23-20/h6-12H,4-5,13H2,1-3H3. The molecule has 0 saturated carbocycles. The number of rotatable bonds is 4. The third-order valence-corrected chi connectivity index (χ3v) is 4.97. The van der Waals surface area contributed by atoms with Crippen LogP contribution in [0.25, 0.3) is 11.3 Å². The summed E-state index contributed by atoms with van der Waals surface area (Å²) < 4.78 is 11.4. The Morgan fingerprint density at radius 3 is 2.78 bits per heavy atom. The summed E-state index contributed by atoms with van der Waals surface area (Å²) in [7, 11) is 0. The maximum atomic E-state index is 13.3. The van der Waals surface area contributed by atoms with Crippen LogP contribution in [0.2, 0.25) is 0 Å². The molecule has 0 atom stereocenters. The van der Waals surface area contributed by atoms with Gasteiger partial charge in [-0.3, -0.25) is 4.79 Å². The summed E-state index contributed by atoms with van der Waals surface area (Å²) in [6.45, 7) is 6.89. The Kier molecular flexibility index (Phi) is 4.44. The average Bonchev–Trinajstić information content (AvgIpc) is 3.13. The van der Waals surface area contributed by atoms with Crippen molar-refractivity contribution in [3.8, 4) is 17.1 Å². The fraction of sp³-hybridized carbons (Fsp3) is 0.273. The summed E-state index contributed by atoms with van der Waals surface area (Å²) in [5.74, 6) is 1.22. The zero-order valence-electron chi connectivity index (χ0n) is 15.8. The van der Waals surface area contributed by atoms with Crippen molar-refractivity contribution < 1.29 is 14.1 Å². The zero-order chi connectivity index (χ0) is 19.0. The summed E-state index contributed by atoms with van der Waals surface area (Å²) in [6.07, 6.45) is 0.854. The molecule has 0 saturated heterocycles. The molecule has 0 fully saturated rings. The summed E-state index contributed by atoms with van der Waals surface area (Å²) in [5.41, 5.74) is 5.02. The van der Waals surface area contributed by atoms with Crippen LogP contribution in [-0.4, -0.2) is 17.6 Å². The monoisotopic (exact) mass is 362 g/mol. The molecule has 3 aromatic rings. The second-order valence-corrected chi connectivity index (χ2v) is 6.66. The van der Waals surface area contributed by atoms with Crippen LogP contribution in [0.1, 0.15) is 41.0 Å². The minimum absolute atomic E-state index is 0.164. The molecule has 0 aliphatic carbocycles. The lowest BCUT2D eigenvalue weighted by molar-refractivity contribution is 0.0977. The first-order chi connectivity index (χ1) is 13.1. The zero-order valence-corrected chi connectivity index (χ0v) is 15.8. The van der Waals surface area contributed by atoms with Crippen LogP contribution in [-0.2, 0) is 13.0 Å².